The average Bonchev–Trinajstić information content (AvgIpc) is 3.24. The fourth-order valence-corrected chi connectivity index (χ4v) is 4.66. The largest absolute Gasteiger partial charge is 0.361 e. The number of rotatable bonds is 4. The van der Waals surface area contributed by atoms with E-state index in [1.807, 2.05) is 6.20 Å². The van der Waals surface area contributed by atoms with Crippen LogP contribution in [0, 0.1) is 0 Å². The van der Waals surface area contributed by atoms with Gasteiger partial charge in [0.05, 0.1) is 17.9 Å². The Morgan fingerprint density at radius 3 is 3.00 bits per heavy atom. The summed E-state index contributed by atoms with van der Waals surface area (Å²) < 4.78 is 24.2. The van der Waals surface area contributed by atoms with Crippen LogP contribution in [0.3, 0.4) is 0 Å². The molecule has 1 aliphatic heterocycles. The molecule has 1 unspecified atom stereocenters. The molecule has 2 N–H and O–H groups in total. The predicted octanol–water partition coefficient (Wildman–Crippen LogP) is 3.02. The normalized spacial score (nSPS) is 19.5. The molecule has 3 heterocycles. The fraction of sp³-hybridized carbons (Fsp3) is 0.389. The van der Waals surface area contributed by atoms with E-state index in [0.29, 0.717) is 4.90 Å². The number of sulfone groups is 1. The SMILES string of the molecule is CS(=O)(=O)c1cn[nH]c1C1CCCCN1Cc1cccc2[nH]ccc12. The molecule has 2 aromatic heterocycles. The lowest BCUT2D eigenvalue weighted by atomic mass is 9.98. The molecule has 0 aliphatic carbocycles. The molecule has 0 spiro atoms. The number of nitrogens with one attached hydrogen (secondary N) is 2. The quantitative estimate of drug-likeness (QED) is 0.751. The minimum atomic E-state index is -3.29. The second-order valence-corrected chi connectivity index (χ2v) is 8.74. The van der Waals surface area contributed by atoms with Gasteiger partial charge in [0, 0.05) is 29.9 Å². The second kappa shape index (κ2) is 6.31. The van der Waals surface area contributed by atoms with Crippen LogP contribution in [0.25, 0.3) is 10.9 Å². The number of aromatic amines is 2. The molecule has 0 radical (unpaired) electrons. The molecule has 132 valence electrons. The van der Waals surface area contributed by atoms with E-state index in [-0.39, 0.29) is 6.04 Å². The van der Waals surface area contributed by atoms with Crippen LogP contribution in [-0.4, -0.2) is 41.3 Å². The Hall–Kier alpha value is -2.12. The Labute approximate surface area is 147 Å². The first kappa shape index (κ1) is 16.4. The van der Waals surface area contributed by atoms with Gasteiger partial charge < -0.3 is 4.98 Å². The highest BCUT2D eigenvalue weighted by Crippen LogP contribution is 2.35. The van der Waals surface area contributed by atoms with Crippen molar-refractivity contribution in [2.24, 2.45) is 0 Å². The third kappa shape index (κ3) is 3.09. The summed E-state index contributed by atoms with van der Waals surface area (Å²) in [7, 11) is -3.29. The van der Waals surface area contributed by atoms with Gasteiger partial charge in [-0.2, -0.15) is 5.10 Å². The molecule has 1 aromatic carbocycles. The Morgan fingerprint density at radius 1 is 1.28 bits per heavy atom. The molecule has 0 bridgehead atoms. The maximum Gasteiger partial charge on any atom is 0.178 e. The van der Waals surface area contributed by atoms with Crippen molar-refractivity contribution < 1.29 is 8.42 Å². The number of piperidine rings is 1. The number of nitrogens with zero attached hydrogens (tertiary/aromatic N) is 2. The van der Waals surface area contributed by atoms with Crippen molar-refractivity contribution >= 4 is 20.7 Å². The van der Waals surface area contributed by atoms with E-state index >= 15 is 0 Å². The number of benzene rings is 1. The summed E-state index contributed by atoms with van der Waals surface area (Å²) in [6.45, 7) is 1.75. The molecule has 25 heavy (non-hydrogen) atoms. The van der Waals surface area contributed by atoms with Crippen molar-refractivity contribution in [3.63, 3.8) is 0 Å². The van der Waals surface area contributed by atoms with Crippen LogP contribution in [-0.2, 0) is 16.4 Å². The third-order valence-corrected chi connectivity index (χ3v) is 6.16. The molecule has 1 atom stereocenters. The Bertz CT molecular complexity index is 989. The van der Waals surface area contributed by atoms with Crippen LogP contribution in [0.15, 0.2) is 41.6 Å². The van der Waals surface area contributed by atoms with Gasteiger partial charge in [-0.05, 0) is 37.1 Å². The molecule has 6 nitrogen and oxygen atoms in total. The van der Waals surface area contributed by atoms with Gasteiger partial charge in [-0.3, -0.25) is 10.00 Å². The van der Waals surface area contributed by atoms with E-state index in [0.717, 1.165) is 43.6 Å². The maximum absolute atomic E-state index is 12.1. The van der Waals surface area contributed by atoms with Crippen molar-refractivity contribution in [3.05, 3.63) is 47.9 Å². The first-order chi connectivity index (χ1) is 12.0. The van der Waals surface area contributed by atoms with E-state index < -0.39 is 9.84 Å². The van der Waals surface area contributed by atoms with Gasteiger partial charge in [-0.15, -0.1) is 0 Å². The molecule has 7 heteroatoms. The van der Waals surface area contributed by atoms with Gasteiger partial charge in [0.15, 0.2) is 9.84 Å². The fourth-order valence-electron chi connectivity index (χ4n) is 3.83. The first-order valence-corrected chi connectivity index (χ1v) is 10.5. The standard InChI is InChI=1S/C18H22N4O2S/c1-25(23,24)17-11-20-21-18(17)16-7-2-3-10-22(16)12-13-5-4-6-15-14(13)8-9-19-15/h4-6,8-9,11,16,19H,2-3,7,10,12H2,1H3,(H,20,21). The van der Waals surface area contributed by atoms with Gasteiger partial charge >= 0.3 is 0 Å². The van der Waals surface area contributed by atoms with Gasteiger partial charge in [-0.1, -0.05) is 18.6 Å². The lowest BCUT2D eigenvalue weighted by molar-refractivity contribution is 0.135. The summed E-state index contributed by atoms with van der Waals surface area (Å²) in [5, 5.41) is 8.19. The summed E-state index contributed by atoms with van der Waals surface area (Å²) in [5.74, 6) is 0. The van der Waals surface area contributed by atoms with Gasteiger partial charge in [0.2, 0.25) is 0 Å². The first-order valence-electron chi connectivity index (χ1n) is 8.56. The highest BCUT2D eigenvalue weighted by molar-refractivity contribution is 7.90. The van der Waals surface area contributed by atoms with Crippen LogP contribution < -0.4 is 0 Å². The van der Waals surface area contributed by atoms with Crippen LogP contribution in [0.5, 0.6) is 0 Å². The zero-order chi connectivity index (χ0) is 17.4. The number of hydrogen-bond acceptors (Lipinski definition) is 4. The lowest BCUT2D eigenvalue weighted by Gasteiger charge is -2.35. The van der Waals surface area contributed by atoms with E-state index in [9.17, 15) is 8.42 Å². The summed E-state index contributed by atoms with van der Waals surface area (Å²) >= 11 is 0. The summed E-state index contributed by atoms with van der Waals surface area (Å²) in [6.07, 6.45) is 7.80. The highest BCUT2D eigenvalue weighted by atomic mass is 32.2. The van der Waals surface area contributed by atoms with Crippen molar-refractivity contribution in [1.29, 1.82) is 0 Å². The van der Waals surface area contributed by atoms with E-state index in [1.165, 1.54) is 23.4 Å². The molecule has 0 saturated carbocycles. The summed E-state index contributed by atoms with van der Waals surface area (Å²) in [5.41, 5.74) is 3.11. The van der Waals surface area contributed by atoms with Gasteiger partial charge in [-0.25, -0.2) is 8.42 Å². The summed E-state index contributed by atoms with van der Waals surface area (Å²) in [6, 6.07) is 8.43. The van der Waals surface area contributed by atoms with Gasteiger partial charge in [0.1, 0.15) is 4.90 Å². The Balaban J connectivity index is 1.69. The minimum Gasteiger partial charge on any atom is -0.361 e. The molecule has 1 aliphatic rings. The molecule has 1 fully saturated rings. The monoisotopic (exact) mass is 358 g/mol. The van der Waals surface area contributed by atoms with Crippen LogP contribution >= 0.6 is 0 Å². The average molecular weight is 358 g/mol. The number of H-pyrrole nitrogens is 2. The van der Waals surface area contributed by atoms with Crippen molar-refractivity contribution in [1.82, 2.24) is 20.1 Å². The zero-order valence-corrected chi connectivity index (χ0v) is 15.0. The second-order valence-electron chi connectivity index (χ2n) is 6.76. The van der Waals surface area contributed by atoms with Crippen molar-refractivity contribution in [2.75, 3.05) is 12.8 Å². The maximum atomic E-state index is 12.1. The Kier molecular flexibility index (Phi) is 4.13. The lowest BCUT2D eigenvalue weighted by Crippen LogP contribution is -2.33. The molecule has 1 saturated heterocycles. The topological polar surface area (TPSA) is 81.8 Å². The zero-order valence-electron chi connectivity index (χ0n) is 14.2. The van der Waals surface area contributed by atoms with Crippen LogP contribution in [0.1, 0.15) is 36.6 Å². The van der Waals surface area contributed by atoms with E-state index in [2.05, 4.69) is 44.3 Å². The number of aromatic nitrogens is 3. The smallest absolute Gasteiger partial charge is 0.178 e. The Morgan fingerprint density at radius 2 is 2.16 bits per heavy atom. The van der Waals surface area contributed by atoms with Crippen molar-refractivity contribution in [2.45, 2.75) is 36.7 Å². The predicted molar refractivity (Wildman–Crippen MR) is 97.0 cm³/mol. The third-order valence-electron chi connectivity index (χ3n) is 5.04. The van der Waals surface area contributed by atoms with Crippen LogP contribution in [0.2, 0.25) is 0 Å². The van der Waals surface area contributed by atoms with Crippen LogP contribution in [0.4, 0.5) is 0 Å². The molecule has 0 amide bonds. The van der Waals surface area contributed by atoms with Gasteiger partial charge in [0.25, 0.3) is 0 Å². The molecular formula is C18H22N4O2S. The number of fused-ring (bicyclic) bond motifs is 1. The molecule has 4 rings (SSSR count). The minimum absolute atomic E-state index is 0.0511. The molecule has 3 aromatic rings. The highest BCUT2D eigenvalue weighted by Gasteiger charge is 2.30. The van der Waals surface area contributed by atoms with Crippen molar-refractivity contribution in [3.8, 4) is 0 Å². The molecular weight excluding hydrogens is 336 g/mol. The summed E-state index contributed by atoms with van der Waals surface area (Å²) in [4.78, 5) is 5.94. The number of likely N-dealkylation sites (tertiary alicyclic amines) is 1. The number of hydrogen-bond donors (Lipinski definition) is 2. The van der Waals surface area contributed by atoms with E-state index in [1.54, 1.807) is 0 Å². The van der Waals surface area contributed by atoms with E-state index in [4.69, 9.17) is 0 Å².